The summed E-state index contributed by atoms with van der Waals surface area (Å²) in [7, 11) is 0. The monoisotopic (exact) mass is 290 g/mol. The van der Waals surface area contributed by atoms with Gasteiger partial charge in [0.15, 0.2) is 0 Å². The Labute approximate surface area is 126 Å². The summed E-state index contributed by atoms with van der Waals surface area (Å²) < 4.78 is 0. The molecule has 0 atom stereocenters. The molecule has 1 aromatic rings. The Hall–Kier alpha value is -1.59. The minimum atomic E-state index is 0.314. The first kappa shape index (κ1) is 15.8. The first-order chi connectivity index (χ1) is 10.3. The fourth-order valence-corrected chi connectivity index (χ4v) is 2.76. The molecule has 0 bridgehead atoms. The zero-order valence-corrected chi connectivity index (χ0v) is 12.5. The van der Waals surface area contributed by atoms with Crippen LogP contribution in [0, 0.1) is 0 Å². The van der Waals surface area contributed by atoms with Crippen LogP contribution in [0.25, 0.3) is 0 Å². The molecule has 0 aliphatic carbocycles. The fourth-order valence-electron chi connectivity index (χ4n) is 2.76. The molecule has 1 heterocycles. The predicted molar refractivity (Wildman–Crippen MR) is 85.4 cm³/mol. The maximum absolute atomic E-state index is 8.47. The lowest BCUT2D eigenvalue weighted by Gasteiger charge is -2.32. The van der Waals surface area contributed by atoms with E-state index in [4.69, 9.17) is 10.9 Å². The van der Waals surface area contributed by atoms with Gasteiger partial charge in [-0.2, -0.15) is 0 Å². The molecule has 0 saturated carbocycles. The molecule has 116 valence electrons. The highest BCUT2D eigenvalue weighted by molar-refractivity contribution is 5.79. The third kappa shape index (κ3) is 5.73. The third-order valence-electron chi connectivity index (χ3n) is 4.01. The lowest BCUT2D eigenvalue weighted by atomic mass is 10.0. The third-order valence-corrected chi connectivity index (χ3v) is 4.01. The summed E-state index contributed by atoms with van der Waals surface area (Å²) in [5, 5.41) is 15.0. The highest BCUT2D eigenvalue weighted by Gasteiger charge is 2.18. The molecule has 5 heteroatoms. The Morgan fingerprint density at radius 1 is 1.29 bits per heavy atom. The molecular weight excluding hydrogens is 264 g/mol. The number of oxime groups is 1. The van der Waals surface area contributed by atoms with E-state index in [1.54, 1.807) is 0 Å². The molecule has 0 amide bonds. The molecule has 0 radical (unpaired) electrons. The van der Waals surface area contributed by atoms with Crippen LogP contribution in [-0.4, -0.2) is 41.6 Å². The van der Waals surface area contributed by atoms with Gasteiger partial charge in [0.05, 0.1) is 0 Å². The number of nitrogens with one attached hydrogen (secondary N) is 1. The van der Waals surface area contributed by atoms with Gasteiger partial charge in [0.2, 0.25) is 0 Å². The van der Waals surface area contributed by atoms with E-state index in [0.717, 1.165) is 32.6 Å². The topological polar surface area (TPSA) is 73.9 Å². The van der Waals surface area contributed by atoms with Crippen molar-refractivity contribution in [1.29, 1.82) is 0 Å². The number of piperidine rings is 1. The van der Waals surface area contributed by atoms with Gasteiger partial charge in [-0.05, 0) is 44.5 Å². The minimum absolute atomic E-state index is 0.314. The van der Waals surface area contributed by atoms with Crippen molar-refractivity contribution < 1.29 is 5.21 Å². The van der Waals surface area contributed by atoms with Crippen molar-refractivity contribution in [3.63, 3.8) is 0 Å². The summed E-state index contributed by atoms with van der Waals surface area (Å²) in [5.74, 6) is 0.314. The van der Waals surface area contributed by atoms with Crippen LogP contribution in [0.4, 0.5) is 0 Å². The highest BCUT2D eigenvalue weighted by Crippen LogP contribution is 2.13. The summed E-state index contributed by atoms with van der Waals surface area (Å²) in [6, 6.07) is 11.3. The standard InChI is InChI=1S/C16H26N4O/c17-16(19-21)7-4-10-18-15-8-11-20(12-9-15)13-14-5-2-1-3-6-14/h1-3,5-6,15,18,21H,4,7-13H2,(H2,17,19). The molecular formula is C16H26N4O. The van der Waals surface area contributed by atoms with E-state index in [0.29, 0.717) is 18.3 Å². The maximum atomic E-state index is 8.47. The Balaban J connectivity index is 1.60. The van der Waals surface area contributed by atoms with Gasteiger partial charge in [-0.15, -0.1) is 0 Å². The van der Waals surface area contributed by atoms with Crippen LogP contribution in [0.15, 0.2) is 35.5 Å². The van der Waals surface area contributed by atoms with Crippen LogP contribution >= 0.6 is 0 Å². The number of benzene rings is 1. The molecule has 1 aromatic carbocycles. The molecule has 2 rings (SSSR count). The van der Waals surface area contributed by atoms with Crippen LogP contribution in [0.1, 0.15) is 31.2 Å². The van der Waals surface area contributed by atoms with Gasteiger partial charge in [-0.25, -0.2) is 0 Å². The number of nitrogens with two attached hydrogens (primary N) is 1. The highest BCUT2D eigenvalue weighted by atomic mass is 16.4. The second kappa shape index (κ2) is 8.64. The molecule has 0 aromatic heterocycles. The zero-order valence-electron chi connectivity index (χ0n) is 12.5. The van der Waals surface area contributed by atoms with Gasteiger partial charge in [-0.3, -0.25) is 4.90 Å². The fraction of sp³-hybridized carbons (Fsp3) is 0.562. The molecule has 4 N–H and O–H groups in total. The zero-order chi connectivity index (χ0) is 14.9. The number of likely N-dealkylation sites (tertiary alicyclic amines) is 1. The lowest BCUT2D eigenvalue weighted by molar-refractivity contribution is 0.191. The second-order valence-electron chi connectivity index (χ2n) is 5.69. The van der Waals surface area contributed by atoms with Crippen molar-refractivity contribution in [2.24, 2.45) is 10.9 Å². The van der Waals surface area contributed by atoms with E-state index in [2.05, 4.69) is 45.7 Å². The van der Waals surface area contributed by atoms with Crippen molar-refractivity contribution in [3.05, 3.63) is 35.9 Å². The average Bonchev–Trinajstić information content (AvgIpc) is 2.54. The Morgan fingerprint density at radius 2 is 2.00 bits per heavy atom. The molecule has 1 saturated heterocycles. The van der Waals surface area contributed by atoms with Crippen molar-refractivity contribution >= 4 is 5.84 Å². The van der Waals surface area contributed by atoms with Gasteiger partial charge in [0.1, 0.15) is 5.84 Å². The SMILES string of the molecule is NC(CCCNC1CCN(Cc2ccccc2)CC1)=NO. The normalized spacial score (nSPS) is 18.0. The number of hydrogen-bond donors (Lipinski definition) is 3. The van der Waals surface area contributed by atoms with E-state index in [-0.39, 0.29) is 0 Å². The Morgan fingerprint density at radius 3 is 2.67 bits per heavy atom. The van der Waals surface area contributed by atoms with Gasteiger partial charge in [0.25, 0.3) is 0 Å². The number of rotatable bonds is 7. The Kier molecular flexibility index (Phi) is 6.50. The van der Waals surface area contributed by atoms with E-state index in [1.165, 1.54) is 18.4 Å². The van der Waals surface area contributed by atoms with Crippen LogP contribution in [-0.2, 0) is 6.54 Å². The van der Waals surface area contributed by atoms with Gasteiger partial charge in [-0.1, -0.05) is 35.5 Å². The van der Waals surface area contributed by atoms with Crippen LogP contribution in [0.2, 0.25) is 0 Å². The summed E-state index contributed by atoms with van der Waals surface area (Å²) in [6.45, 7) is 4.27. The van der Waals surface area contributed by atoms with Crippen molar-refractivity contribution in [1.82, 2.24) is 10.2 Å². The second-order valence-corrected chi connectivity index (χ2v) is 5.69. The lowest BCUT2D eigenvalue weighted by Crippen LogP contribution is -2.42. The van der Waals surface area contributed by atoms with Crippen LogP contribution in [0.3, 0.4) is 0 Å². The van der Waals surface area contributed by atoms with Crippen LogP contribution in [0.5, 0.6) is 0 Å². The summed E-state index contributed by atoms with van der Waals surface area (Å²) in [4.78, 5) is 2.52. The number of nitrogens with zero attached hydrogens (tertiary/aromatic N) is 2. The maximum Gasteiger partial charge on any atom is 0.139 e. The molecule has 21 heavy (non-hydrogen) atoms. The molecule has 0 unspecified atom stereocenters. The minimum Gasteiger partial charge on any atom is -0.409 e. The first-order valence-corrected chi connectivity index (χ1v) is 7.74. The number of hydrogen-bond acceptors (Lipinski definition) is 4. The quantitative estimate of drug-likeness (QED) is 0.235. The van der Waals surface area contributed by atoms with Gasteiger partial charge in [0, 0.05) is 19.0 Å². The van der Waals surface area contributed by atoms with E-state index in [9.17, 15) is 0 Å². The smallest absolute Gasteiger partial charge is 0.139 e. The summed E-state index contributed by atoms with van der Waals surface area (Å²) >= 11 is 0. The predicted octanol–water partition coefficient (Wildman–Crippen LogP) is 1.77. The van der Waals surface area contributed by atoms with Crippen molar-refractivity contribution in [2.45, 2.75) is 38.3 Å². The Bertz CT molecular complexity index is 427. The van der Waals surface area contributed by atoms with Crippen LogP contribution < -0.4 is 11.1 Å². The van der Waals surface area contributed by atoms with E-state index in [1.807, 2.05) is 0 Å². The summed E-state index contributed by atoms with van der Waals surface area (Å²) in [5.41, 5.74) is 6.84. The van der Waals surface area contributed by atoms with Crippen molar-refractivity contribution in [3.8, 4) is 0 Å². The first-order valence-electron chi connectivity index (χ1n) is 7.74. The summed E-state index contributed by atoms with van der Waals surface area (Å²) in [6.07, 6.45) is 3.95. The molecule has 1 fully saturated rings. The van der Waals surface area contributed by atoms with E-state index >= 15 is 0 Å². The van der Waals surface area contributed by atoms with E-state index < -0.39 is 0 Å². The van der Waals surface area contributed by atoms with Gasteiger partial charge < -0.3 is 16.3 Å². The number of amidine groups is 1. The molecule has 0 spiro atoms. The molecule has 1 aliphatic heterocycles. The molecule has 5 nitrogen and oxygen atoms in total. The van der Waals surface area contributed by atoms with Crippen molar-refractivity contribution in [2.75, 3.05) is 19.6 Å². The molecule has 1 aliphatic rings. The van der Waals surface area contributed by atoms with Gasteiger partial charge >= 0.3 is 0 Å². The largest absolute Gasteiger partial charge is 0.409 e. The average molecular weight is 290 g/mol.